The molecule has 0 saturated heterocycles. The lowest BCUT2D eigenvalue weighted by molar-refractivity contribution is 0.412. The zero-order valence-corrected chi connectivity index (χ0v) is 12.3. The van der Waals surface area contributed by atoms with Crippen molar-refractivity contribution >= 4 is 5.69 Å². The minimum atomic E-state index is 0.0741. The summed E-state index contributed by atoms with van der Waals surface area (Å²) in [7, 11) is 1.60. The van der Waals surface area contributed by atoms with Gasteiger partial charge in [-0.1, -0.05) is 26.8 Å². The highest BCUT2D eigenvalue weighted by molar-refractivity contribution is 5.57. The molecule has 2 aromatic rings. The van der Waals surface area contributed by atoms with E-state index in [2.05, 4.69) is 25.8 Å². The lowest BCUT2D eigenvalue weighted by Crippen LogP contribution is -2.11. The molecule has 0 aliphatic carbocycles. The monoisotopic (exact) mass is 272 g/mol. The number of benzene rings is 1. The lowest BCUT2D eigenvalue weighted by atomic mass is 9.88. The summed E-state index contributed by atoms with van der Waals surface area (Å²) in [4.78, 5) is 4.32. The maximum absolute atomic E-state index is 5.91. The van der Waals surface area contributed by atoms with Gasteiger partial charge in [0, 0.05) is 18.3 Å². The molecule has 4 nitrogen and oxygen atoms in total. The first kappa shape index (κ1) is 14.2. The number of methoxy groups -OCH3 is 1. The highest BCUT2D eigenvalue weighted by atomic mass is 16.5. The molecule has 1 aromatic carbocycles. The van der Waals surface area contributed by atoms with E-state index in [1.165, 1.54) is 0 Å². The van der Waals surface area contributed by atoms with Crippen LogP contribution in [0.2, 0.25) is 0 Å². The molecule has 0 fully saturated rings. The Morgan fingerprint density at radius 3 is 2.35 bits per heavy atom. The molecule has 106 valence electrons. The Kier molecular flexibility index (Phi) is 3.84. The van der Waals surface area contributed by atoms with Crippen molar-refractivity contribution < 1.29 is 9.47 Å². The third-order valence-electron chi connectivity index (χ3n) is 3.03. The third-order valence-corrected chi connectivity index (χ3v) is 3.03. The number of ether oxygens (including phenoxy) is 2. The van der Waals surface area contributed by atoms with Crippen LogP contribution in [0.5, 0.6) is 17.4 Å². The zero-order chi connectivity index (χ0) is 14.8. The van der Waals surface area contributed by atoms with Crippen molar-refractivity contribution in [1.29, 1.82) is 0 Å². The number of hydrogen-bond donors (Lipinski definition) is 1. The van der Waals surface area contributed by atoms with E-state index in [1.54, 1.807) is 25.3 Å². The SMILES string of the molecule is COc1ccc(Oc2ccc(C(C)(C)C)cn2)c(N)c1. The van der Waals surface area contributed by atoms with Crippen molar-refractivity contribution in [1.82, 2.24) is 4.98 Å². The normalized spacial score (nSPS) is 11.2. The first-order chi connectivity index (χ1) is 9.40. The van der Waals surface area contributed by atoms with Crippen molar-refractivity contribution in [3.05, 3.63) is 42.1 Å². The van der Waals surface area contributed by atoms with Gasteiger partial charge in [-0.3, -0.25) is 0 Å². The van der Waals surface area contributed by atoms with Gasteiger partial charge in [-0.05, 0) is 23.1 Å². The lowest BCUT2D eigenvalue weighted by Gasteiger charge is -2.18. The summed E-state index contributed by atoms with van der Waals surface area (Å²) >= 11 is 0. The molecule has 2 rings (SSSR count). The maximum atomic E-state index is 5.91. The van der Waals surface area contributed by atoms with Gasteiger partial charge in [-0.2, -0.15) is 0 Å². The topological polar surface area (TPSA) is 57.4 Å². The number of rotatable bonds is 3. The third kappa shape index (κ3) is 3.20. The Bertz CT molecular complexity index is 586. The maximum Gasteiger partial charge on any atom is 0.219 e. The van der Waals surface area contributed by atoms with Crippen molar-refractivity contribution in [2.75, 3.05) is 12.8 Å². The molecule has 1 aromatic heterocycles. The Balaban J connectivity index is 2.18. The quantitative estimate of drug-likeness (QED) is 0.864. The van der Waals surface area contributed by atoms with Gasteiger partial charge in [0.1, 0.15) is 5.75 Å². The molecule has 0 radical (unpaired) electrons. The van der Waals surface area contributed by atoms with Crippen LogP contribution in [-0.4, -0.2) is 12.1 Å². The summed E-state index contributed by atoms with van der Waals surface area (Å²) in [6.45, 7) is 6.43. The summed E-state index contributed by atoms with van der Waals surface area (Å²) < 4.78 is 10.8. The van der Waals surface area contributed by atoms with Crippen molar-refractivity contribution in [3.63, 3.8) is 0 Å². The number of anilines is 1. The second-order valence-corrected chi connectivity index (χ2v) is 5.64. The van der Waals surface area contributed by atoms with E-state index >= 15 is 0 Å². The number of nitrogens with two attached hydrogens (primary N) is 1. The fourth-order valence-electron chi connectivity index (χ4n) is 1.74. The van der Waals surface area contributed by atoms with Crippen LogP contribution in [-0.2, 0) is 5.41 Å². The summed E-state index contributed by atoms with van der Waals surface area (Å²) in [6, 6.07) is 9.16. The Morgan fingerprint density at radius 2 is 1.85 bits per heavy atom. The van der Waals surface area contributed by atoms with Gasteiger partial charge in [0.2, 0.25) is 5.88 Å². The van der Waals surface area contributed by atoms with Gasteiger partial charge in [0.05, 0.1) is 12.8 Å². The molecule has 0 bridgehead atoms. The van der Waals surface area contributed by atoms with Gasteiger partial charge in [-0.15, -0.1) is 0 Å². The predicted octanol–water partition coefficient (Wildman–Crippen LogP) is 3.76. The molecule has 0 aliphatic heterocycles. The van der Waals surface area contributed by atoms with Crippen molar-refractivity contribution in [2.24, 2.45) is 0 Å². The molecule has 0 amide bonds. The smallest absolute Gasteiger partial charge is 0.219 e. The van der Waals surface area contributed by atoms with Crippen LogP contribution in [0, 0.1) is 0 Å². The van der Waals surface area contributed by atoms with Crippen LogP contribution in [0.4, 0.5) is 5.69 Å². The Labute approximate surface area is 119 Å². The van der Waals surface area contributed by atoms with Gasteiger partial charge in [-0.25, -0.2) is 4.98 Å². The van der Waals surface area contributed by atoms with Crippen LogP contribution in [0.25, 0.3) is 0 Å². The van der Waals surface area contributed by atoms with E-state index in [0.717, 1.165) is 5.56 Å². The van der Waals surface area contributed by atoms with Crippen LogP contribution in [0.15, 0.2) is 36.5 Å². The van der Waals surface area contributed by atoms with Gasteiger partial charge in [0.15, 0.2) is 5.75 Å². The van der Waals surface area contributed by atoms with Crippen LogP contribution in [0.3, 0.4) is 0 Å². The van der Waals surface area contributed by atoms with Crippen LogP contribution in [0.1, 0.15) is 26.3 Å². The Hall–Kier alpha value is -2.23. The van der Waals surface area contributed by atoms with Crippen LogP contribution >= 0.6 is 0 Å². The van der Waals surface area contributed by atoms with Crippen molar-refractivity contribution in [2.45, 2.75) is 26.2 Å². The minimum absolute atomic E-state index is 0.0741. The fourth-order valence-corrected chi connectivity index (χ4v) is 1.74. The first-order valence-corrected chi connectivity index (χ1v) is 6.48. The fraction of sp³-hybridized carbons (Fsp3) is 0.312. The molecule has 1 heterocycles. The standard InChI is InChI=1S/C16H20N2O2/c1-16(2,3)11-5-8-15(18-10-11)20-14-7-6-12(19-4)9-13(14)17/h5-10H,17H2,1-4H3. The second-order valence-electron chi connectivity index (χ2n) is 5.64. The number of nitrogen functional groups attached to an aromatic ring is 1. The molecule has 0 spiro atoms. The summed E-state index contributed by atoms with van der Waals surface area (Å²) in [5.41, 5.74) is 7.66. The molecule has 20 heavy (non-hydrogen) atoms. The molecular weight excluding hydrogens is 252 g/mol. The summed E-state index contributed by atoms with van der Waals surface area (Å²) in [5.74, 6) is 1.79. The van der Waals surface area contributed by atoms with Gasteiger partial charge >= 0.3 is 0 Å². The first-order valence-electron chi connectivity index (χ1n) is 6.48. The highest BCUT2D eigenvalue weighted by Gasteiger charge is 2.14. The van der Waals surface area contributed by atoms with E-state index in [-0.39, 0.29) is 5.41 Å². The molecule has 2 N–H and O–H groups in total. The molecule has 0 aliphatic rings. The van der Waals surface area contributed by atoms with E-state index in [0.29, 0.717) is 23.1 Å². The van der Waals surface area contributed by atoms with Crippen molar-refractivity contribution in [3.8, 4) is 17.4 Å². The highest BCUT2D eigenvalue weighted by Crippen LogP contribution is 2.30. The zero-order valence-electron chi connectivity index (χ0n) is 12.3. The molecule has 4 heteroatoms. The van der Waals surface area contributed by atoms with Gasteiger partial charge in [0.25, 0.3) is 0 Å². The number of hydrogen-bond acceptors (Lipinski definition) is 4. The molecular formula is C16H20N2O2. The average molecular weight is 272 g/mol. The van der Waals surface area contributed by atoms with E-state index in [9.17, 15) is 0 Å². The van der Waals surface area contributed by atoms with Gasteiger partial charge < -0.3 is 15.2 Å². The predicted molar refractivity (Wildman–Crippen MR) is 80.4 cm³/mol. The van der Waals surface area contributed by atoms with E-state index < -0.39 is 0 Å². The molecule has 0 saturated carbocycles. The molecule has 0 atom stereocenters. The van der Waals surface area contributed by atoms with Crippen LogP contribution < -0.4 is 15.2 Å². The number of pyridine rings is 1. The summed E-state index contributed by atoms with van der Waals surface area (Å²) in [6.07, 6.45) is 1.83. The number of nitrogens with zero attached hydrogens (tertiary/aromatic N) is 1. The largest absolute Gasteiger partial charge is 0.497 e. The number of aromatic nitrogens is 1. The average Bonchev–Trinajstić information content (AvgIpc) is 2.40. The van der Waals surface area contributed by atoms with E-state index in [1.807, 2.05) is 18.3 Å². The summed E-state index contributed by atoms with van der Waals surface area (Å²) in [5, 5.41) is 0. The Morgan fingerprint density at radius 1 is 1.10 bits per heavy atom. The van der Waals surface area contributed by atoms with E-state index in [4.69, 9.17) is 15.2 Å². The molecule has 0 unspecified atom stereocenters. The minimum Gasteiger partial charge on any atom is -0.497 e. The second kappa shape index (κ2) is 5.41.